The minimum absolute atomic E-state index is 0.144. The molecule has 1 aromatic heterocycles. The van der Waals surface area contributed by atoms with Crippen molar-refractivity contribution in [3.63, 3.8) is 0 Å². The molecule has 3 aromatic rings. The molecule has 1 aliphatic rings. The third-order valence-corrected chi connectivity index (χ3v) is 6.15. The van der Waals surface area contributed by atoms with E-state index in [2.05, 4.69) is 15.3 Å². The maximum Gasteiger partial charge on any atom is 0.287 e. The largest absolute Gasteiger partial charge is 0.493 e. The molecule has 1 fully saturated rings. The molecule has 1 aliphatic heterocycles. The van der Waals surface area contributed by atoms with E-state index in [0.29, 0.717) is 42.9 Å². The molecule has 2 heterocycles. The van der Waals surface area contributed by atoms with Gasteiger partial charge >= 0.3 is 0 Å². The molecule has 0 bridgehead atoms. The highest BCUT2D eigenvalue weighted by atomic mass is 35.5. The summed E-state index contributed by atoms with van der Waals surface area (Å²) in [6.45, 7) is 0. The van der Waals surface area contributed by atoms with E-state index in [0.717, 1.165) is 18.0 Å². The van der Waals surface area contributed by atoms with Gasteiger partial charge in [0.2, 0.25) is 5.88 Å². The second-order valence-corrected chi connectivity index (χ2v) is 8.49. The molecule has 1 N–H and O–H groups in total. The van der Waals surface area contributed by atoms with Crippen LogP contribution in [0.25, 0.3) is 6.08 Å². The third-order valence-electron chi connectivity index (χ3n) is 4.44. The van der Waals surface area contributed by atoms with Gasteiger partial charge in [0.05, 0.1) is 32.7 Å². The number of carbonyl (C=O) groups excluding carboxylic acids is 1. The Morgan fingerprint density at radius 3 is 2.71 bits per heavy atom. The van der Waals surface area contributed by atoms with Crippen molar-refractivity contribution >= 4 is 63.5 Å². The van der Waals surface area contributed by atoms with Crippen LogP contribution >= 0.6 is 35.0 Å². The van der Waals surface area contributed by atoms with Crippen molar-refractivity contribution in [2.75, 3.05) is 7.11 Å². The number of pyridine rings is 1. The molecule has 2 aromatic carbocycles. The summed E-state index contributed by atoms with van der Waals surface area (Å²) >= 11 is 13.3. The predicted molar refractivity (Wildman–Crippen MR) is 131 cm³/mol. The monoisotopic (exact) mass is 516 g/mol. The minimum atomic E-state index is -0.545. The minimum Gasteiger partial charge on any atom is -0.493 e. The molecule has 1 amide bonds. The normalized spacial score (nSPS) is 15.4. The van der Waals surface area contributed by atoms with Crippen molar-refractivity contribution < 1.29 is 19.2 Å². The molecule has 12 heteroatoms. The van der Waals surface area contributed by atoms with E-state index in [9.17, 15) is 14.9 Å². The van der Waals surface area contributed by atoms with Gasteiger partial charge in [-0.1, -0.05) is 35.3 Å². The SMILES string of the molecule is COc1cc(/C=C2/SC(=Nc3cccc(Cl)c3Cl)NC2=O)ccc1Oc1ccc([N+](=O)[O-])cn1. The van der Waals surface area contributed by atoms with E-state index >= 15 is 0 Å². The Kier molecular flexibility index (Phi) is 7.01. The van der Waals surface area contributed by atoms with Gasteiger partial charge in [0.15, 0.2) is 16.7 Å². The molecule has 0 saturated carbocycles. The number of aromatic nitrogens is 1. The molecular formula is C22H14Cl2N4O5S. The van der Waals surface area contributed by atoms with Gasteiger partial charge in [-0.15, -0.1) is 0 Å². The van der Waals surface area contributed by atoms with Gasteiger partial charge in [0.25, 0.3) is 11.6 Å². The van der Waals surface area contributed by atoms with Crippen molar-refractivity contribution in [1.82, 2.24) is 10.3 Å². The number of methoxy groups -OCH3 is 1. The first kappa shape index (κ1) is 23.6. The van der Waals surface area contributed by atoms with Crippen LogP contribution in [0.2, 0.25) is 10.0 Å². The van der Waals surface area contributed by atoms with E-state index in [-0.39, 0.29) is 17.5 Å². The highest BCUT2D eigenvalue weighted by Gasteiger charge is 2.24. The van der Waals surface area contributed by atoms with E-state index in [4.69, 9.17) is 32.7 Å². The first-order valence-corrected chi connectivity index (χ1v) is 11.1. The maximum atomic E-state index is 12.4. The Balaban J connectivity index is 1.53. The van der Waals surface area contributed by atoms with Crippen LogP contribution in [0.5, 0.6) is 17.4 Å². The van der Waals surface area contributed by atoms with Gasteiger partial charge in [0.1, 0.15) is 6.20 Å². The van der Waals surface area contributed by atoms with Crippen molar-refractivity contribution in [2.45, 2.75) is 0 Å². The Morgan fingerprint density at radius 1 is 1.18 bits per heavy atom. The molecule has 34 heavy (non-hydrogen) atoms. The number of amidine groups is 1. The molecule has 0 radical (unpaired) electrons. The fourth-order valence-electron chi connectivity index (χ4n) is 2.83. The number of hydrogen-bond acceptors (Lipinski definition) is 8. The summed E-state index contributed by atoms with van der Waals surface area (Å²) in [5.41, 5.74) is 0.982. The van der Waals surface area contributed by atoms with Crippen LogP contribution in [0.1, 0.15) is 5.56 Å². The Morgan fingerprint density at radius 2 is 2.00 bits per heavy atom. The summed E-state index contributed by atoms with van der Waals surface area (Å²) in [4.78, 5) is 31.3. The van der Waals surface area contributed by atoms with E-state index in [1.807, 2.05) is 0 Å². The lowest BCUT2D eigenvalue weighted by Crippen LogP contribution is -2.19. The van der Waals surface area contributed by atoms with Crippen molar-refractivity contribution in [2.24, 2.45) is 4.99 Å². The summed E-state index contributed by atoms with van der Waals surface area (Å²) in [5.74, 6) is 0.599. The van der Waals surface area contributed by atoms with E-state index in [1.165, 1.54) is 19.2 Å². The maximum absolute atomic E-state index is 12.4. The van der Waals surface area contributed by atoms with Crippen LogP contribution in [0.4, 0.5) is 11.4 Å². The summed E-state index contributed by atoms with van der Waals surface area (Å²) < 4.78 is 11.1. The van der Waals surface area contributed by atoms with Crippen molar-refractivity contribution in [1.29, 1.82) is 0 Å². The number of nitrogens with zero attached hydrogens (tertiary/aromatic N) is 3. The third kappa shape index (κ3) is 5.30. The van der Waals surface area contributed by atoms with Gasteiger partial charge in [-0.3, -0.25) is 14.9 Å². The summed E-state index contributed by atoms with van der Waals surface area (Å²) in [6, 6.07) is 12.8. The average molecular weight is 517 g/mol. The number of nitro groups is 1. The number of thioether (sulfide) groups is 1. The van der Waals surface area contributed by atoms with Crippen LogP contribution in [-0.2, 0) is 4.79 Å². The smallest absolute Gasteiger partial charge is 0.287 e. The molecule has 4 rings (SSSR count). The zero-order valence-electron chi connectivity index (χ0n) is 17.3. The second kappa shape index (κ2) is 10.1. The number of carbonyl (C=O) groups is 1. The van der Waals surface area contributed by atoms with Gasteiger partial charge < -0.3 is 14.8 Å². The number of ether oxygens (including phenoxy) is 2. The lowest BCUT2D eigenvalue weighted by Gasteiger charge is -2.10. The highest BCUT2D eigenvalue weighted by Crippen LogP contribution is 2.36. The number of aliphatic imine (C=N–C) groups is 1. The fraction of sp³-hybridized carbons (Fsp3) is 0.0455. The molecule has 0 aliphatic carbocycles. The zero-order chi connectivity index (χ0) is 24.2. The molecule has 0 spiro atoms. The summed E-state index contributed by atoms with van der Waals surface area (Å²) in [6.07, 6.45) is 2.78. The Hall–Kier alpha value is -3.60. The van der Waals surface area contributed by atoms with Gasteiger partial charge in [-0.2, -0.15) is 0 Å². The summed E-state index contributed by atoms with van der Waals surface area (Å²) in [5, 5.41) is 14.5. The number of benzene rings is 2. The lowest BCUT2D eigenvalue weighted by atomic mass is 10.2. The number of amides is 1. The van der Waals surface area contributed by atoms with Crippen molar-refractivity contribution in [3.8, 4) is 17.4 Å². The van der Waals surface area contributed by atoms with Crippen LogP contribution in [0, 0.1) is 10.1 Å². The fourth-order valence-corrected chi connectivity index (χ4v) is 4.00. The molecule has 0 unspecified atom stereocenters. The van der Waals surface area contributed by atoms with Crippen LogP contribution in [-0.4, -0.2) is 28.1 Å². The van der Waals surface area contributed by atoms with Gasteiger partial charge in [-0.25, -0.2) is 9.98 Å². The highest BCUT2D eigenvalue weighted by molar-refractivity contribution is 8.18. The quantitative estimate of drug-likeness (QED) is 0.243. The number of rotatable bonds is 6. The van der Waals surface area contributed by atoms with E-state index < -0.39 is 4.92 Å². The first-order chi connectivity index (χ1) is 16.3. The average Bonchev–Trinajstić information content (AvgIpc) is 3.16. The zero-order valence-corrected chi connectivity index (χ0v) is 19.6. The Bertz CT molecular complexity index is 1350. The number of halogens is 2. The van der Waals surface area contributed by atoms with E-state index in [1.54, 1.807) is 42.5 Å². The first-order valence-electron chi connectivity index (χ1n) is 9.54. The Labute approximate surface area is 207 Å². The predicted octanol–water partition coefficient (Wildman–Crippen LogP) is 5.99. The lowest BCUT2D eigenvalue weighted by molar-refractivity contribution is -0.385. The van der Waals surface area contributed by atoms with Gasteiger partial charge in [0, 0.05) is 12.1 Å². The topological polar surface area (TPSA) is 116 Å². The van der Waals surface area contributed by atoms with Crippen LogP contribution in [0.3, 0.4) is 0 Å². The second-order valence-electron chi connectivity index (χ2n) is 6.68. The molecule has 1 saturated heterocycles. The molecule has 172 valence electrons. The summed E-state index contributed by atoms with van der Waals surface area (Å²) in [7, 11) is 1.47. The molecule has 0 atom stereocenters. The molecular weight excluding hydrogens is 503 g/mol. The number of nitrogens with one attached hydrogen (secondary N) is 1. The standard InChI is InChI=1S/C22H14Cl2N4O5S/c1-32-17-9-12(5-7-16(17)33-19-8-6-13(11-25-19)28(30)31)10-18-21(29)27-22(34-18)26-15-4-2-3-14(23)20(15)24/h2-11H,1H3,(H,26,27,29)/b18-10+. The van der Waals surface area contributed by atoms with Gasteiger partial charge in [-0.05, 0) is 47.7 Å². The number of hydrogen-bond donors (Lipinski definition) is 1. The van der Waals surface area contributed by atoms with Crippen LogP contribution < -0.4 is 14.8 Å². The van der Waals surface area contributed by atoms with Crippen LogP contribution in [0.15, 0.2) is 64.6 Å². The molecule has 9 nitrogen and oxygen atoms in total. The van der Waals surface area contributed by atoms with Crippen molar-refractivity contribution in [3.05, 3.63) is 85.4 Å².